The van der Waals surface area contributed by atoms with Crippen molar-refractivity contribution in [2.75, 3.05) is 0 Å². The maximum Gasteiger partial charge on any atom is 0.220 e. The van der Waals surface area contributed by atoms with Gasteiger partial charge < -0.3 is 10.5 Å². The molecule has 3 nitrogen and oxygen atoms in total. The lowest BCUT2D eigenvalue weighted by molar-refractivity contribution is 0.461. The van der Waals surface area contributed by atoms with Crippen LogP contribution in [0.3, 0.4) is 0 Å². The highest BCUT2D eigenvalue weighted by molar-refractivity contribution is 7.80. The summed E-state index contributed by atoms with van der Waals surface area (Å²) in [6.45, 7) is 4.00. The summed E-state index contributed by atoms with van der Waals surface area (Å²) in [6.07, 6.45) is 1.01. The zero-order chi connectivity index (χ0) is 13.8. The summed E-state index contributed by atoms with van der Waals surface area (Å²) in [5.74, 6) is 1.26. The molecule has 0 aliphatic carbocycles. The lowest BCUT2D eigenvalue weighted by atomic mass is 10.2. The van der Waals surface area contributed by atoms with Crippen molar-refractivity contribution in [3.8, 4) is 11.6 Å². The van der Waals surface area contributed by atoms with Gasteiger partial charge in [-0.05, 0) is 37.1 Å². The Morgan fingerprint density at radius 2 is 1.95 bits per heavy atom. The second-order valence-electron chi connectivity index (χ2n) is 4.30. The number of hydrogen-bond donors (Lipinski definition) is 1. The first-order chi connectivity index (χ1) is 9.08. The first-order valence-corrected chi connectivity index (χ1v) is 6.54. The molecule has 0 aliphatic heterocycles. The van der Waals surface area contributed by atoms with Gasteiger partial charge in [0.25, 0.3) is 0 Å². The molecule has 0 saturated carbocycles. The van der Waals surface area contributed by atoms with Crippen molar-refractivity contribution >= 4 is 17.2 Å². The lowest BCUT2D eigenvalue weighted by Crippen LogP contribution is -2.10. The van der Waals surface area contributed by atoms with Crippen LogP contribution >= 0.6 is 12.2 Å². The van der Waals surface area contributed by atoms with Crippen molar-refractivity contribution in [2.45, 2.75) is 20.3 Å². The van der Waals surface area contributed by atoms with E-state index in [1.165, 1.54) is 5.56 Å². The number of nitrogens with two attached hydrogens (primary N) is 1. The first kappa shape index (κ1) is 13.5. The molecular formula is C15H16N2OS. The van der Waals surface area contributed by atoms with E-state index in [0.717, 1.165) is 23.4 Å². The molecule has 0 fully saturated rings. The van der Waals surface area contributed by atoms with E-state index in [1.54, 1.807) is 6.07 Å². The van der Waals surface area contributed by atoms with Crippen LogP contribution in [0.25, 0.3) is 0 Å². The van der Waals surface area contributed by atoms with E-state index in [0.29, 0.717) is 10.9 Å². The lowest BCUT2D eigenvalue weighted by Gasteiger charge is -2.08. The van der Waals surface area contributed by atoms with Crippen LogP contribution < -0.4 is 10.5 Å². The van der Waals surface area contributed by atoms with Crippen LogP contribution in [0, 0.1) is 6.92 Å². The minimum absolute atomic E-state index is 0.344. The number of ether oxygens (including phenoxy) is 1. The van der Waals surface area contributed by atoms with Crippen LogP contribution in [0.2, 0.25) is 0 Å². The molecule has 0 amide bonds. The van der Waals surface area contributed by atoms with Gasteiger partial charge in [0.05, 0.1) is 0 Å². The Morgan fingerprint density at radius 1 is 1.26 bits per heavy atom. The van der Waals surface area contributed by atoms with E-state index in [1.807, 2.05) is 37.3 Å². The van der Waals surface area contributed by atoms with E-state index >= 15 is 0 Å². The van der Waals surface area contributed by atoms with E-state index in [-0.39, 0.29) is 0 Å². The number of rotatable bonds is 4. The normalized spacial score (nSPS) is 10.2. The molecule has 19 heavy (non-hydrogen) atoms. The second kappa shape index (κ2) is 5.80. The van der Waals surface area contributed by atoms with Gasteiger partial charge in [0.2, 0.25) is 5.88 Å². The summed E-state index contributed by atoms with van der Waals surface area (Å²) in [5.41, 5.74) is 8.49. The number of thiocarbonyl (C=S) groups is 1. The number of aromatic nitrogens is 1. The molecule has 98 valence electrons. The third-order valence-corrected chi connectivity index (χ3v) is 3.00. The number of nitrogens with zero attached hydrogens (tertiary/aromatic N) is 1. The average Bonchev–Trinajstić information content (AvgIpc) is 2.39. The monoisotopic (exact) mass is 272 g/mol. The third-order valence-electron chi connectivity index (χ3n) is 2.77. The van der Waals surface area contributed by atoms with Gasteiger partial charge in [-0.15, -0.1) is 0 Å². The van der Waals surface area contributed by atoms with Crippen molar-refractivity contribution in [2.24, 2.45) is 5.73 Å². The molecule has 4 heteroatoms. The summed E-state index contributed by atoms with van der Waals surface area (Å²) in [6, 6.07) is 11.5. The Kier molecular flexibility index (Phi) is 4.12. The third kappa shape index (κ3) is 3.51. The van der Waals surface area contributed by atoms with Crippen molar-refractivity contribution in [1.82, 2.24) is 4.98 Å². The van der Waals surface area contributed by atoms with E-state index in [4.69, 9.17) is 22.7 Å². The van der Waals surface area contributed by atoms with Gasteiger partial charge in [-0.3, -0.25) is 0 Å². The molecule has 0 radical (unpaired) electrons. The standard InChI is InChI=1S/C15H16N2OS/c1-3-11-4-6-13(7-5-11)18-14-9-12(15(16)19)8-10(2)17-14/h4-9H,3H2,1-2H3,(H2,16,19). The van der Waals surface area contributed by atoms with Gasteiger partial charge >= 0.3 is 0 Å². The van der Waals surface area contributed by atoms with Gasteiger partial charge in [-0.25, -0.2) is 4.98 Å². The molecule has 1 aromatic carbocycles. The van der Waals surface area contributed by atoms with E-state index < -0.39 is 0 Å². The maximum absolute atomic E-state index is 5.72. The van der Waals surface area contributed by atoms with Gasteiger partial charge in [0.15, 0.2) is 0 Å². The molecule has 2 N–H and O–H groups in total. The minimum atomic E-state index is 0.344. The average molecular weight is 272 g/mol. The van der Waals surface area contributed by atoms with Crippen molar-refractivity contribution < 1.29 is 4.74 Å². The summed E-state index contributed by atoms with van der Waals surface area (Å²) < 4.78 is 5.72. The van der Waals surface area contributed by atoms with Gasteiger partial charge in [-0.1, -0.05) is 31.3 Å². The van der Waals surface area contributed by atoms with Crippen LogP contribution in [0.4, 0.5) is 0 Å². The Balaban J connectivity index is 2.24. The fourth-order valence-electron chi connectivity index (χ4n) is 1.75. The zero-order valence-corrected chi connectivity index (χ0v) is 11.8. The molecule has 2 rings (SSSR count). The Morgan fingerprint density at radius 3 is 2.53 bits per heavy atom. The molecule has 0 bridgehead atoms. The highest BCUT2D eigenvalue weighted by Gasteiger charge is 2.05. The minimum Gasteiger partial charge on any atom is -0.439 e. The number of hydrogen-bond acceptors (Lipinski definition) is 3. The van der Waals surface area contributed by atoms with Crippen LogP contribution in [-0.2, 0) is 6.42 Å². The molecule has 0 unspecified atom stereocenters. The van der Waals surface area contributed by atoms with Crippen LogP contribution in [-0.4, -0.2) is 9.97 Å². The number of benzene rings is 1. The summed E-state index contributed by atoms with van der Waals surface area (Å²) in [7, 11) is 0. The maximum atomic E-state index is 5.72. The molecule has 0 spiro atoms. The van der Waals surface area contributed by atoms with Gasteiger partial charge in [0, 0.05) is 17.3 Å². The molecule has 0 saturated heterocycles. The fourth-order valence-corrected chi connectivity index (χ4v) is 1.86. The number of pyridine rings is 1. The number of aryl methyl sites for hydroxylation is 2. The Bertz CT molecular complexity index is 594. The Labute approximate surface area is 118 Å². The smallest absolute Gasteiger partial charge is 0.220 e. The van der Waals surface area contributed by atoms with Crippen LogP contribution in [0.1, 0.15) is 23.7 Å². The molecule has 2 aromatic rings. The van der Waals surface area contributed by atoms with E-state index in [2.05, 4.69) is 11.9 Å². The highest BCUT2D eigenvalue weighted by atomic mass is 32.1. The predicted octanol–water partition coefficient (Wildman–Crippen LogP) is 3.38. The molecule has 0 atom stereocenters. The van der Waals surface area contributed by atoms with E-state index in [9.17, 15) is 0 Å². The SMILES string of the molecule is CCc1ccc(Oc2cc(C(N)=S)cc(C)n2)cc1. The highest BCUT2D eigenvalue weighted by Crippen LogP contribution is 2.21. The summed E-state index contributed by atoms with van der Waals surface area (Å²) >= 11 is 4.97. The predicted molar refractivity (Wildman–Crippen MR) is 80.8 cm³/mol. The Hall–Kier alpha value is -1.94. The van der Waals surface area contributed by atoms with Crippen molar-refractivity contribution in [1.29, 1.82) is 0 Å². The van der Waals surface area contributed by atoms with Crippen LogP contribution in [0.15, 0.2) is 36.4 Å². The second-order valence-corrected chi connectivity index (χ2v) is 4.74. The van der Waals surface area contributed by atoms with Crippen molar-refractivity contribution in [3.05, 3.63) is 53.2 Å². The van der Waals surface area contributed by atoms with Gasteiger partial charge in [-0.2, -0.15) is 0 Å². The molecule has 1 heterocycles. The zero-order valence-electron chi connectivity index (χ0n) is 11.0. The van der Waals surface area contributed by atoms with Gasteiger partial charge in [0.1, 0.15) is 10.7 Å². The summed E-state index contributed by atoms with van der Waals surface area (Å²) in [4.78, 5) is 4.66. The molecule has 0 aliphatic rings. The summed E-state index contributed by atoms with van der Waals surface area (Å²) in [5, 5.41) is 0. The molecular weight excluding hydrogens is 256 g/mol. The topological polar surface area (TPSA) is 48.1 Å². The fraction of sp³-hybridized carbons (Fsp3) is 0.200. The largest absolute Gasteiger partial charge is 0.439 e. The molecule has 1 aromatic heterocycles. The first-order valence-electron chi connectivity index (χ1n) is 6.13. The quantitative estimate of drug-likeness (QED) is 0.867. The van der Waals surface area contributed by atoms with Crippen LogP contribution in [0.5, 0.6) is 11.6 Å². The van der Waals surface area contributed by atoms with Crippen molar-refractivity contribution in [3.63, 3.8) is 0 Å².